The first-order valence-electron chi connectivity index (χ1n) is 7.89. The number of benzene rings is 2. The summed E-state index contributed by atoms with van der Waals surface area (Å²) < 4.78 is 13.0. The number of carbonyl (C=O) groups is 1. The highest BCUT2D eigenvalue weighted by atomic mass is 32.2. The van der Waals surface area contributed by atoms with Crippen molar-refractivity contribution in [1.29, 1.82) is 0 Å². The summed E-state index contributed by atoms with van der Waals surface area (Å²) in [6, 6.07) is 14.4. The quantitative estimate of drug-likeness (QED) is 0.846. The summed E-state index contributed by atoms with van der Waals surface area (Å²) >= 11 is 1.59. The fraction of sp³-hybridized carbons (Fsp3) is 0.263. The minimum atomic E-state index is -0.289. The molecule has 0 radical (unpaired) electrons. The van der Waals surface area contributed by atoms with E-state index in [1.54, 1.807) is 28.8 Å². The number of nitrogens with zero attached hydrogens (tertiary/aromatic N) is 2. The van der Waals surface area contributed by atoms with Crippen LogP contribution in [0.15, 0.2) is 53.5 Å². The molecule has 1 aliphatic heterocycles. The fourth-order valence-electron chi connectivity index (χ4n) is 2.60. The van der Waals surface area contributed by atoms with Crippen molar-refractivity contribution in [2.24, 2.45) is 4.99 Å². The molecular formula is C19H19FN2OS. The first-order chi connectivity index (χ1) is 11.6. The van der Waals surface area contributed by atoms with Crippen LogP contribution < -0.4 is 0 Å². The van der Waals surface area contributed by atoms with Crippen LogP contribution in [0.5, 0.6) is 0 Å². The van der Waals surface area contributed by atoms with Crippen LogP contribution in [0.25, 0.3) is 0 Å². The topological polar surface area (TPSA) is 32.7 Å². The second-order valence-corrected chi connectivity index (χ2v) is 6.73. The molecule has 3 nitrogen and oxygen atoms in total. The molecule has 0 unspecified atom stereocenters. The van der Waals surface area contributed by atoms with Crippen LogP contribution in [-0.2, 0) is 17.0 Å². The standard InChI is InChI=1S/C19H19FN2OS/c1-14-3-2-4-16(11-14)13-24-19-21-9-10-22(19)18(23)12-15-5-7-17(20)8-6-15/h2-8,11H,9-10,12-13H2,1H3. The number of amides is 1. The summed E-state index contributed by atoms with van der Waals surface area (Å²) in [4.78, 5) is 18.7. The monoisotopic (exact) mass is 342 g/mol. The number of hydrogen-bond acceptors (Lipinski definition) is 3. The largest absolute Gasteiger partial charge is 0.289 e. The van der Waals surface area contributed by atoms with E-state index in [9.17, 15) is 9.18 Å². The maximum Gasteiger partial charge on any atom is 0.233 e. The number of carbonyl (C=O) groups excluding carboxylic acids is 1. The molecule has 0 N–H and O–H groups in total. The number of aliphatic imine (C=N–C) groups is 1. The highest BCUT2D eigenvalue weighted by Crippen LogP contribution is 2.21. The number of halogens is 1. The zero-order valence-electron chi connectivity index (χ0n) is 13.5. The van der Waals surface area contributed by atoms with Gasteiger partial charge in [-0.15, -0.1) is 0 Å². The molecule has 3 rings (SSSR count). The zero-order valence-corrected chi connectivity index (χ0v) is 14.4. The summed E-state index contributed by atoms with van der Waals surface area (Å²) in [7, 11) is 0. The summed E-state index contributed by atoms with van der Waals surface area (Å²) in [6.45, 7) is 3.33. The van der Waals surface area contributed by atoms with Gasteiger partial charge >= 0.3 is 0 Å². The van der Waals surface area contributed by atoms with Gasteiger partial charge in [0.15, 0.2) is 5.17 Å². The molecule has 0 spiro atoms. The van der Waals surface area contributed by atoms with Crippen LogP contribution in [0.1, 0.15) is 16.7 Å². The van der Waals surface area contributed by atoms with E-state index in [2.05, 4.69) is 30.1 Å². The van der Waals surface area contributed by atoms with Crippen LogP contribution in [-0.4, -0.2) is 29.1 Å². The Hall–Kier alpha value is -2.14. The second-order valence-electron chi connectivity index (χ2n) is 5.79. The Labute approximate surface area is 145 Å². The van der Waals surface area contributed by atoms with Gasteiger partial charge < -0.3 is 0 Å². The first kappa shape index (κ1) is 16.7. The molecule has 5 heteroatoms. The van der Waals surface area contributed by atoms with Crippen LogP contribution >= 0.6 is 11.8 Å². The Morgan fingerprint density at radius 3 is 2.75 bits per heavy atom. The third-order valence-corrected chi connectivity index (χ3v) is 4.91. The molecule has 1 amide bonds. The summed E-state index contributed by atoms with van der Waals surface area (Å²) in [5.74, 6) is 0.513. The van der Waals surface area contributed by atoms with Gasteiger partial charge in [0, 0.05) is 12.3 Å². The van der Waals surface area contributed by atoms with Crippen molar-refractivity contribution in [3.05, 3.63) is 71.0 Å². The van der Waals surface area contributed by atoms with E-state index < -0.39 is 0 Å². The number of thioether (sulfide) groups is 1. The van der Waals surface area contributed by atoms with Gasteiger partial charge in [0.05, 0.1) is 13.0 Å². The molecule has 0 atom stereocenters. The molecule has 0 saturated heterocycles. The Morgan fingerprint density at radius 2 is 2.00 bits per heavy atom. The maximum atomic E-state index is 13.0. The minimum Gasteiger partial charge on any atom is -0.289 e. The lowest BCUT2D eigenvalue weighted by Crippen LogP contribution is -2.34. The molecule has 0 aliphatic carbocycles. The number of aryl methyl sites for hydroxylation is 1. The van der Waals surface area contributed by atoms with E-state index in [4.69, 9.17) is 0 Å². The molecule has 24 heavy (non-hydrogen) atoms. The maximum absolute atomic E-state index is 13.0. The molecule has 2 aromatic rings. The molecule has 0 aromatic heterocycles. The smallest absolute Gasteiger partial charge is 0.233 e. The number of rotatable bonds is 4. The molecule has 0 bridgehead atoms. The molecule has 0 fully saturated rings. The lowest BCUT2D eigenvalue weighted by Gasteiger charge is -2.18. The lowest BCUT2D eigenvalue weighted by molar-refractivity contribution is -0.126. The van der Waals surface area contributed by atoms with Crippen molar-refractivity contribution in [1.82, 2.24) is 4.90 Å². The second kappa shape index (κ2) is 7.62. The van der Waals surface area contributed by atoms with E-state index in [1.165, 1.54) is 23.3 Å². The summed E-state index contributed by atoms with van der Waals surface area (Å²) in [5, 5.41) is 0.781. The van der Waals surface area contributed by atoms with Crippen molar-refractivity contribution in [3.63, 3.8) is 0 Å². The van der Waals surface area contributed by atoms with Gasteiger partial charge in [0.25, 0.3) is 0 Å². The summed E-state index contributed by atoms with van der Waals surface area (Å²) in [6.07, 6.45) is 0.268. The average molecular weight is 342 g/mol. The molecule has 0 saturated carbocycles. The van der Waals surface area contributed by atoms with Gasteiger partial charge in [-0.3, -0.25) is 14.7 Å². The number of amidine groups is 1. The Balaban J connectivity index is 1.60. The van der Waals surface area contributed by atoms with Gasteiger partial charge in [-0.1, -0.05) is 53.7 Å². The molecule has 2 aromatic carbocycles. The third kappa shape index (κ3) is 4.23. The molecular weight excluding hydrogens is 323 g/mol. The Morgan fingerprint density at radius 1 is 1.21 bits per heavy atom. The predicted octanol–water partition coefficient (Wildman–Crippen LogP) is 3.81. The van der Waals surface area contributed by atoms with Crippen LogP contribution in [0, 0.1) is 12.7 Å². The highest BCUT2D eigenvalue weighted by molar-refractivity contribution is 8.13. The number of hydrogen-bond donors (Lipinski definition) is 0. The van der Waals surface area contributed by atoms with Gasteiger partial charge in [-0.2, -0.15) is 0 Å². The Kier molecular flexibility index (Phi) is 5.30. The van der Waals surface area contributed by atoms with Gasteiger partial charge in [0.2, 0.25) is 5.91 Å². The first-order valence-corrected chi connectivity index (χ1v) is 8.88. The van der Waals surface area contributed by atoms with Crippen LogP contribution in [0.4, 0.5) is 4.39 Å². The molecule has 1 aliphatic rings. The third-order valence-electron chi connectivity index (χ3n) is 3.82. The average Bonchev–Trinajstić information content (AvgIpc) is 3.04. The normalized spacial score (nSPS) is 13.9. The zero-order chi connectivity index (χ0) is 16.9. The van der Waals surface area contributed by atoms with Crippen molar-refractivity contribution in [2.75, 3.05) is 13.1 Å². The van der Waals surface area contributed by atoms with E-state index >= 15 is 0 Å². The van der Waals surface area contributed by atoms with Crippen LogP contribution in [0.3, 0.4) is 0 Å². The van der Waals surface area contributed by atoms with Crippen LogP contribution in [0.2, 0.25) is 0 Å². The van der Waals surface area contributed by atoms with Gasteiger partial charge in [-0.25, -0.2) is 4.39 Å². The lowest BCUT2D eigenvalue weighted by atomic mass is 10.1. The fourth-order valence-corrected chi connectivity index (χ4v) is 3.61. The Bertz CT molecular complexity index is 758. The minimum absolute atomic E-state index is 0.00889. The molecule has 1 heterocycles. The molecule has 124 valence electrons. The SMILES string of the molecule is Cc1cccc(CSC2=NCCN2C(=O)Cc2ccc(F)cc2)c1. The van der Waals surface area contributed by atoms with E-state index in [0.29, 0.717) is 13.1 Å². The van der Waals surface area contributed by atoms with Crippen molar-refractivity contribution in [2.45, 2.75) is 19.1 Å². The highest BCUT2D eigenvalue weighted by Gasteiger charge is 2.24. The summed E-state index contributed by atoms with van der Waals surface area (Å²) in [5.41, 5.74) is 3.27. The predicted molar refractivity (Wildman–Crippen MR) is 96.6 cm³/mol. The van der Waals surface area contributed by atoms with E-state index in [-0.39, 0.29) is 18.1 Å². The van der Waals surface area contributed by atoms with E-state index in [1.807, 2.05) is 6.07 Å². The van der Waals surface area contributed by atoms with Gasteiger partial charge in [-0.05, 0) is 30.2 Å². The van der Waals surface area contributed by atoms with Crippen molar-refractivity contribution in [3.8, 4) is 0 Å². The van der Waals surface area contributed by atoms with E-state index in [0.717, 1.165) is 16.5 Å². The van der Waals surface area contributed by atoms with Crippen molar-refractivity contribution >= 4 is 22.8 Å². The van der Waals surface area contributed by atoms with Gasteiger partial charge in [0.1, 0.15) is 5.82 Å². The van der Waals surface area contributed by atoms with Crippen molar-refractivity contribution < 1.29 is 9.18 Å².